The zero-order chi connectivity index (χ0) is 11.3. The lowest BCUT2D eigenvalue weighted by atomic mass is 10.2. The fourth-order valence-electron chi connectivity index (χ4n) is 0.936. The van der Waals surface area contributed by atoms with Gasteiger partial charge in [-0.05, 0) is 19.1 Å². The maximum Gasteiger partial charge on any atom is 0.242 e. The van der Waals surface area contributed by atoms with Crippen LogP contribution >= 0.6 is 29.2 Å². The molecule has 0 atom stereocenters. The lowest BCUT2D eigenvalue weighted by Gasteiger charge is -2.05. The lowest BCUT2D eigenvalue weighted by Crippen LogP contribution is -2.25. The summed E-state index contributed by atoms with van der Waals surface area (Å²) in [5.41, 5.74) is 1.00. The number of hydrogen-bond donors (Lipinski definition) is 2. The van der Waals surface area contributed by atoms with Crippen molar-refractivity contribution in [1.29, 1.82) is 0 Å². The van der Waals surface area contributed by atoms with Crippen molar-refractivity contribution in [2.24, 2.45) is 5.14 Å². The zero-order valence-corrected chi connectivity index (χ0v) is 11.9. The molecule has 1 rings (SSSR count). The predicted molar refractivity (Wildman–Crippen MR) is 69.6 cm³/mol. The third-order valence-electron chi connectivity index (χ3n) is 1.71. The second-order valence-electron chi connectivity index (χ2n) is 2.82. The summed E-state index contributed by atoms with van der Waals surface area (Å²) < 4.78 is 30.0. The van der Waals surface area contributed by atoms with Crippen LogP contribution in [0, 0.1) is 6.92 Å². The van der Waals surface area contributed by atoms with E-state index in [1.54, 1.807) is 12.1 Å². The number of hydrogen-bond acceptors (Lipinski definition) is 5. The minimum Gasteiger partial charge on any atom is -0.285 e. The maximum absolute atomic E-state index is 11.6. The van der Waals surface area contributed by atoms with Crippen LogP contribution in [-0.4, -0.2) is 15.1 Å². The first-order chi connectivity index (χ1) is 7.06. The molecule has 0 bridgehead atoms. The van der Waals surface area contributed by atoms with Gasteiger partial charge in [-0.2, -0.15) is 4.72 Å². The molecule has 0 unspecified atom stereocenters. The van der Waals surface area contributed by atoms with Crippen molar-refractivity contribution < 1.29 is 12.6 Å². The smallest absolute Gasteiger partial charge is 0.242 e. The summed E-state index contributed by atoms with van der Waals surface area (Å²) >= 11 is 0.613. The Labute approximate surface area is 110 Å². The molecular formula is C8H13BrN2O3S2. The summed E-state index contributed by atoms with van der Waals surface area (Å²) in [6.07, 6.45) is 0. The van der Waals surface area contributed by atoms with Crippen LogP contribution in [0.3, 0.4) is 0 Å². The van der Waals surface area contributed by atoms with Gasteiger partial charge in [-0.15, -0.1) is 17.0 Å². The van der Waals surface area contributed by atoms with Crippen LogP contribution in [0.25, 0.3) is 0 Å². The van der Waals surface area contributed by atoms with Crippen molar-refractivity contribution in [3.8, 4) is 0 Å². The summed E-state index contributed by atoms with van der Waals surface area (Å²) in [6.45, 7) is 1.73. The van der Waals surface area contributed by atoms with Crippen LogP contribution in [0.1, 0.15) is 5.56 Å². The number of nitrogens with two attached hydrogens (primary N) is 1. The van der Waals surface area contributed by atoms with E-state index < -0.39 is 10.0 Å². The molecule has 1 aromatic rings. The SMILES string of the molecule is Br.Cc1ccc(S(=O)(=O)NCOSN)cc1. The molecule has 0 saturated carbocycles. The molecule has 0 aliphatic rings. The van der Waals surface area contributed by atoms with Gasteiger partial charge in [-0.1, -0.05) is 17.7 Å². The summed E-state index contributed by atoms with van der Waals surface area (Å²) in [7, 11) is -3.49. The van der Waals surface area contributed by atoms with E-state index in [1.165, 1.54) is 12.1 Å². The first-order valence-corrected chi connectivity index (χ1v) is 6.40. The molecule has 8 heteroatoms. The Morgan fingerprint density at radius 1 is 1.38 bits per heavy atom. The van der Waals surface area contributed by atoms with E-state index in [1.807, 2.05) is 6.92 Å². The van der Waals surface area contributed by atoms with E-state index >= 15 is 0 Å². The normalized spacial score (nSPS) is 10.9. The highest BCUT2D eigenvalue weighted by atomic mass is 79.9. The van der Waals surface area contributed by atoms with E-state index in [4.69, 9.17) is 5.14 Å². The number of halogens is 1. The molecule has 16 heavy (non-hydrogen) atoms. The van der Waals surface area contributed by atoms with E-state index in [-0.39, 0.29) is 28.6 Å². The third-order valence-corrected chi connectivity index (χ3v) is 3.35. The van der Waals surface area contributed by atoms with Crippen LogP contribution in [0.5, 0.6) is 0 Å². The van der Waals surface area contributed by atoms with Crippen molar-refractivity contribution in [2.45, 2.75) is 11.8 Å². The molecule has 5 nitrogen and oxygen atoms in total. The Bertz CT molecular complexity index is 408. The number of nitrogens with one attached hydrogen (secondary N) is 1. The Morgan fingerprint density at radius 2 is 1.94 bits per heavy atom. The second-order valence-corrected chi connectivity index (χ2v) is 5.01. The van der Waals surface area contributed by atoms with Gasteiger partial charge in [-0.25, -0.2) is 8.42 Å². The van der Waals surface area contributed by atoms with E-state index in [2.05, 4.69) is 8.91 Å². The molecule has 0 heterocycles. The van der Waals surface area contributed by atoms with Gasteiger partial charge in [-0.3, -0.25) is 9.32 Å². The van der Waals surface area contributed by atoms with Crippen LogP contribution in [-0.2, 0) is 14.2 Å². The van der Waals surface area contributed by atoms with Gasteiger partial charge in [0.15, 0.2) is 0 Å². The Balaban J connectivity index is 0.00000225. The van der Waals surface area contributed by atoms with Crippen molar-refractivity contribution in [1.82, 2.24) is 4.72 Å². The Hall–Kier alpha value is -0.120. The molecular weight excluding hydrogens is 316 g/mol. The lowest BCUT2D eigenvalue weighted by molar-refractivity contribution is 0.365. The quantitative estimate of drug-likeness (QED) is 0.369. The highest BCUT2D eigenvalue weighted by Gasteiger charge is 2.12. The van der Waals surface area contributed by atoms with E-state index in [0.29, 0.717) is 12.2 Å². The minimum absolute atomic E-state index is 0. The number of rotatable bonds is 5. The number of aryl methyl sites for hydroxylation is 1. The first-order valence-electron chi connectivity index (χ1n) is 4.11. The highest BCUT2D eigenvalue weighted by molar-refractivity contribution is 8.93. The Morgan fingerprint density at radius 3 is 2.44 bits per heavy atom. The average molecular weight is 329 g/mol. The van der Waals surface area contributed by atoms with Crippen LogP contribution in [0.15, 0.2) is 29.2 Å². The largest absolute Gasteiger partial charge is 0.285 e. The molecule has 0 aromatic heterocycles. The fourth-order valence-corrected chi connectivity index (χ4v) is 2.01. The van der Waals surface area contributed by atoms with Gasteiger partial charge < -0.3 is 0 Å². The van der Waals surface area contributed by atoms with Crippen molar-refractivity contribution in [3.05, 3.63) is 29.8 Å². The van der Waals surface area contributed by atoms with E-state index in [9.17, 15) is 8.42 Å². The summed E-state index contributed by atoms with van der Waals surface area (Å²) in [5, 5.41) is 4.98. The van der Waals surface area contributed by atoms with Crippen LogP contribution in [0.2, 0.25) is 0 Å². The maximum atomic E-state index is 11.6. The second kappa shape index (κ2) is 7.25. The van der Waals surface area contributed by atoms with Gasteiger partial charge in [0, 0.05) is 0 Å². The van der Waals surface area contributed by atoms with Crippen LogP contribution < -0.4 is 9.86 Å². The van der Waals surface area contributed by atoms with Crippen molar-refractivity contribution in [2.75, 3.05) is 6.73 Å². The minimum atomic E-state index is -3.49. The molecule has 0 spiro atoms. The molecule has 0 amide bonds. The fraction of sp³-hybridized carbons (Fsp3) is 0.250. The highest BCUT2D eigenvalue weighted by Crippen LogP contribution is 2.09. The number of benzene rings is 1. The Kier molecular flexibility index (Phi) is 7.20. The molecule has 0 aliphatic heterocycles. The molecule has 92 valence electrons. The van der Waals surface area contributed by atoms with Crippen LogP contribution in [0.4, 0.5) is 0 Å². The monoisotopic (exact) mass is 328 g/mol. The van der Waals surface area contributed by atoms with Crippen molar-refractivity contribution >= 4 is 39.2 Å². The molecule has 0 aliphatic carbocycles. The molecule has 0 fully saturated rings. The molecule has 3 N–H and O–H groups in total. The topological polar surface area (TPSA) is 81.4 Å². The standard InChI is InChI=1S/C8H12N2O3S2.BrH/c1-7-2-4-8(5-3-7)15(11,12)10-6-13-14-9;/h2-5,10H,6,9H2,1H3;1H. The van der Waals surface area contributed by atoms with Gasteiger partial charge in [0.05, 0.1) is 17.1 Å². The third kappa shape index (κ3) is 4.81. The summed E-state index contributed by atoms with van der Waals surface area (Å²) in [6, 6.07) is 6.53. The predicted octanol–water partition coefficient (Wildman–Crippen LogP) is 1.35. The summed E-state index contributed by atoms with van der Waals surface area (Å²) in [5.74, 6) is 0. The average Bonchev–Trinajstić information content (AvgIpc) is 2.18. The first kappa shape index (κ1) is 15.9. The number of sulfonamides is 1. The molecule has 0 saturated heterocycles. The summed E-state index contributed by atoms with van der Waals surface area (Å²) in [4.78, 5) is 0.207. The van der Waals surface area contributed by atoms with E-state index in [0.717, 1.165) is 5.56 Å². The molecule has 1 aromatic carbocycles. The zero-order valence-electron chi connectivity index (χ0n) is 8.54. The van der Waals surface area contributed by atoms with Gasteiger partial charge in [0.2, 0.25) is 10.0 Å². The van der Waals surface area contributed by atoms with Gasteiger partial charge in [0.1, 0.15) is 6.73 Å². The molecule has 0 radical (unpaired) electrons. The van der Waals surface area contributed by atoms with Gasteiger partial charge in [0.25, 0.3) is 0 Å². The van der Waals surface area contributed by atoms with Crippen molar-refractivity contribution in [3.63, 3.8) is 0 Å². The van der Waals surface area contributed by atoms with Gasteiger partial charge >= 0.3 is 0 Å².